The summed E-state index contributed by atoms with van der Waals surface area (Å²) in [5, 5.41) is 22.8. The lowest BCUT2D eigenvalue weighted by Gasteiger charge is -2.19. The van der Waals surface area contributed by atoms with Crippen LogP contribution in [0.5, 0.6) is 0 Å². The highest BCUT2D eigenvalue weighted by atomic mass is 16.3. The van der Waals surface area contributed by atoms with Gasteiger partial charge in [0, 0.05) is 6.42 Å². The molecule has 4 heteroatoms. The molecular formula is C43H83NO3. The van der Waals surface area contributed by atoms with Gasteiger partial charge in [0.1, 0.15) is 0 Å². The lowest BCUT2D eigenvalue weighted by Crippen LogP contribution is -2.45. The molecule has 0 fully saturated rings. The van der Waals surface area contributed by atoms with E-state index in [4.69, 9.17) is 0 Å². The number of carbonyl (C=O) groups is 1. The first-order valence-corrected chi connectivity index (χ1v) is 21.1. The van der Waals surface area contributed by atoms with Crippen molar-refractivity contribution >= 4 is 5.91 Å². The lowest BCUT2D eigenvalue weighted by molar-refractivity contribution is -0.123. The summed E-state index contributed by atoms with van der Waals surface area (Å²) < 4.78 is 0. The molecule has 1 amide bonds. The number of carbonyl (C=O) groups excluding carboxylic acids is 1. The molecule has 47 heavy (non-hydrogen) atoms. The van der Waals surface area contributed by atoms with Gasteiger partial charge in [0.15, 0.2) is 0 Å². The van der Waals surface area contributed by atoms with Gasteiger partial charge < -0.3 is 15.5 Å². The molecule has 0 aliphatic carbocycles. The molecule has 278 valence electrons. The first-order chi connectivity index (χ1) is 23.2. The van der Waals surface area contributed by atoms with Gasteiger partial charge in [-0.05, 0) is 32.1 Å². The highest BCUT2D eigenvalue weighted by Gasteiger charge is 2.17. The van der Waals surface area contributed by atoms with Crippen LogP contribution in [0.25, 0.3) is 0 Å². The van der Waals surface area contributed by atoms with E-state index >= 15 is 0 Å². The Kier molecular flexibility index (Phi) is 38.4. The van der Waals surface area contributed by atoms with Crippen LogP contribution >= 0.6 is 0 Å². The monoisotopic (exact) mass is 662 g/mol. The van der Waals surface area contributed by atoms with Crippen molar-refractivity contribution in [2.75, 3.05) is 6.61 Å². The quantitative estimate of drug-likeness (QED) is 0.0455. The Morgan fingerprint density at radius 3 is 1.23 bits per heavy atom. The molecule has 0 heterocycles. The van der Waals surface area contributed by atoms with Gasteiger partial charge >= 0.3 is 0 Å². The van der Waals surface area contributed by atoms with Crippen LogP contribution in [-0.2, 0) is 4.79 Å². The molecule has 0 aromatic rings. The van der Waals surface area contributed by atoms with Crippen molar-refractivity contribution in [2.24, 2.45) is 0 Å². The Morgan fingerprint density at radius 2 is 0.830 bits per heavy atom. The number of aliphatic hydroxyl groups excluding tert-OH is 2. The number of unbranched alkanes of at least 4 members (excludes halogenated alkanes) is 29. The molecule has 2 atom stereocenters. The van der Waals surface area contributed by atoms with Gasteiger partial charge in [-0.25, -0.2) is 0 Å². The number of nitrogens with one attached hydrogen (secondary N) is 1. The normalized spacial score (nSPS) is 13.2. The van der Waals surface area contributed by atoms with Crippen LogP contribution in [0.15, 0.2) is 24.3 Å². The molecule has 0 saturated carbocycles. The topological polar surface area (TPSA) is 69.6 Å². The third-order valence-electron chi connectivity index (χ3n) is 9.69. The second-order valence-corrected chi connectivity index (χ2v) is 14.4. The highest BCUT2D eigenvalue weighted by molar-refractivity contribution is 5.76. The third kappa shape index (κ3) is 36.0. The third-order valence-corrected chi connectivity index (χ3v) is 9.69. The van der Waals surface area contributed by atoms with E-state index in [9.17, 15) is 15.0 Å². The zero-order valence-electron chi connectivity index (χ0n) is 31.8. The first-order valence-electron chi connectivity index (χ1n) is 21.1. The van der Waals surface area contributed by atoms with Crippen LogP contribution in [0.3, 0.4) is 0 Å². The summed E-state index contributed by atoms with van der Waals surface area (Å²) in [6.07, 6.45) is 50.2. The highest BCUT2D eigenvalue weighted by Crippen LogP contribution is 2.16. The van der Waals surface area contributed by atoms with Gasteiger partial charge in [-0.3, -0.25) is 4.79 Å². The van der Waals surface area contributed by atoms with E-state index in [1.165, 1.54) is 173 Å². The molecule has 0 aliphatic rings. The Balaban J connectivity index is 3.50. The van der Waals surface area contributed by atoms with Crippen molar-refractivity contribution < 1.29 is 15.0 Å². The van der Waals surface area contributed by atoms with E-state index < -0.39 is 12.1 Å². The lowest BCUT2D eigenvalue weighted by atomic mass is 10.0. The van der Waals surface area contributed by atoms with Crippen molar-refractivity contribution in [1.82, 2.24) is 5.32 Å². The summed E-state index contributed by atoms with van der Waals surface area (Å²) in [5.41, 5.74) is 0. The second-order valence-electron chi connectivity index (χ2n) is 14.4. The van der Waals surface area contributed by atoms with Crippen molar-refractivity contribution in [3.8, 4) is 0 Å². The number of aliphatic hydroxyl groups is 2. The van der Waals surface area contributed by atoms with Crippen LogP contribution in [0.1, 0.15) is 226 Å². The maximum atomic E-state index is 12.2. The average molecular weight is 662 g/mol. The number of rotatable bonds is 38. The summed E-state index contributed by atoms with van der Waals surface area (Å²) in [7, 11) is 0. The van der Waals surface area contributed by atoms with E-state index in [2.05, 4.69) is 31.3 Å². The maximum absolute atomic E-state index is 12.2. The molecule has 0 aromatic carbocycles. The number of allylic oxidation sites excluding steroid dienone is 3. The Labute approximate surface area is 294 Å². The van der Waals surface area contributed by atoms with Crippen molar-refractivity contribution in [3.63, 3.8) is 0 Å². The Hall–Kier alpha value is -1.13. The number of hydrogen-bond acceptors (Lipinski definition) is 3. The Bertz CT molecular complexity index is 676. The summed E-state index contributed by atoms with van der Waals surface area (Å²) >= 11 is 0. The molecule has 4 nitrogen and oxygen atoms in total. The molecule has 0 aromatic heterocycles. The van der Waals surface area contributed by atoms with E-state index in [1.54, 1.807) is 6.08 Å². The number of hydrogen-bond donors (Lipinski definition) is 3. The minimum absolute atomic E-state index is 0.0781. The van der Waals surface area contributed by atoms with E-state index in [-0.39, 0.29) is 12.5 Å². The fourth-order valence-corrected chi connectivity index (χ4v) is 6.43. The molecule has 0 saturated heterocycles. The zero-order valence-corrected chi connectivity index (χ0v) is 31.8. The SMILES string of the molecule is CCCCCCCCCCCCCCCCCCCCCCC/C=C/CC/C=C/C(O)C(CO)NC(=O)CCCCCCCCCC. The van der Waals surface area contributed by atoms with Crippen molar-refractivity contribution in [2.45, 2.75) is 238 Å². The molecule has 0 rings (SSSR count). The van der Waals surface area contributed by atoms with Gasteiger partial charge in [-0.1, -0.05) is 212 Å². The second kappa shape index (κ2) is 39.3. The fraction of sp³-hybridized carbons (Fsp3) is 0.884. The maximum Gasteiger partial charge on any atom is 0.220 e. The molecule has 0 aliphatic heterocycles. The van der Waals surface area contributed by atoms with Crippen LogP contribution in [0, 0.1) is 0 Å². The molecule has 0 bridgehead atoms. The fourth-order valence-electron chi connectivity index (χ4n) is 6.43. The molecule has 0 spiro atoms. The average Bonchev–Trinajstić information content (AvgIpc) is 3.07. The number of amides is 1. The van der Waals surface area contributed by atoms with Gasteiger partial charge in [0.2, 0.25) is 5.91 Å². The summed E-state index contributed by atoms with van der Waals surface area (Å²) in [4.78, 5) is 12.2. The zero-order chi connectivity index (χ0) is 34.3. The smallest absolute Gasteiger partial charge is 0.220 e. The van der Waals surface area contributed by atoms with Gasteiger partial charge in [0.25, 0.3) is 0 Å². The van der Waals surface area contributed by atoms with Gasteiger partial charge in [-0.15, -0.1) is 0 Å². The molecule has 3 N–H and O–H groups in total. The van der Waals surface area contributed by atoms with Gasteiger partial charge in [0.05, 0.1) is 18.8 Å². The predicted octanol–water partition coefficient (Wildman–Crippen LogP) is 12.8. The van der Waals surface area contributed by atoms with E-state index in [0.717, 1.165) is 32.1 Å². The minimum atomic E-state index is -0.856. The standard InChI is InChI=1S/C43H83NO3/c1-3-5-7-9-11-13-14-15-16-17-18-19-20-21-22-23-24-25-26-27-28-29-30-31-32-34-36-38-42(46)41(40-45)44-43(47)39-37-35-33-12-10-8-6-4-2/h30-31,36,38,41-42,45-46H,3-29,32-35,37,39-40H2,1-2H3,(H,44,47)/b31-30+,38-36+. The van der Waals surface area contributed by atoms with E-state index in [0.29, 0.717) is 6.42 Å². The first kappa shape index (κ1) is 45.9. The van der Waals surface area contributed by atoms with Crippen LogP contribution < -0.4 is 5.32 Å². The molecule has 2 unspecified atom stereocenters. The van der Waals surface area contributed by atoms with Gasteiger partial charge in [-0.2, -0.15) is 0 Å². The van der Waals surface area contributed by atoms with Crippen LogP contribution in [0.2, 0.25) is 0 Å². The molecular weight excluding hydrogens is 578 g/mol. The van der Waals surface area contributed by atoms with Crippen molar-refractivity contribution in [1.29, 1.82) is 0 Å². The predicted molar refractivity (Wildman–Crippen MR) is 207 cm³/mol. The van der Waals surface area contributed by atoms with Crippen LogP contribution in [-0.4, -0.2) is 34.9 Å². The summed E-state index contributed by atoms with van der Waals surface area (Å²) in [6.45, 7) is 4.27. The van der Waals surface area contributed by atoms with Crippen LogP contribution in [0.4, 0.5) is 0 Å². The largest absolute Gasteiger partial charge is 0.394 e. The molecule has 0 radical (unpaired) electrons. The summed E-state index contributed by atoms with van der Waals surface area (Å²) in [5.74, 6) is -0.0781. The Morgan fingerprint density at radius 1 is 0.489 bits per heavy atom. The summed E-state index contributed by atoms with van der Waals surface area (Å²) in [6, 6.07) is -0.632. The van der Waals surface area contributed by atoms with Crippen molar-refractivity contribution in [3.05, 3.63) is 24.3 Å². The minimum Gasteiger partial charge on any atom is -0.394 e. The van der Waals surface area contributed by atoms with E-state index in [1.807, 2.05) is 6.08 Å².